The van der Waals surface area contributed by atoms with Crippen LogP contribution in [0.4, 0.5) is 4.39 Å². The topological polar surface area (TPSA) is 91.8 Å². The monoisotopic (exact) mass is 437 g/mol. The third-order valence-electron chi connectivity index (χ3n) is 6.03. The van der Waals surface area contributed by atoms with Gasteiger partial charge in [-0.1, -0.05) is 12.1 Å². The molecule has 32 heavy (non-hydrogen) atoms. The molecule has 1 fully saturated rings. The van der Waals surface area contributed by atoms with Gasteiger partial charge in [-0.3, -0.25) is 9.29 Å². The first kappa shape index (κ1) is 21.9. The molecule has 0 saturated carbocycles. The molecular formula is C25H28FN3O3. The summed E-state index contributed by atoms with van der Waals surface area (Å²) < 4.78 is 24.7. The number of alkyl halides is 1. The predicted octanol–water partition coefficient (Wildman–Crippen LogP) is 4.07. The smallest absolute Gasteiger partial charge is 0.150 e. The minimum atomic E-state index is -0.448. The van der Waals surface area contributed by atoms with Gasteiger partial charge in [0.15, 0.2) is 0 Å². The lowest BCUT2D eigenvalue weighted by atomic mass is 9.86. The number of ether oxygens (including phenoxy) is 2. The first-order valence-electron chi connectivity index (χ1n) is 10.7. The normalized spacial score (nSPS) is 19.2. The Balaban J connectivity index is 1.52. The fourth-order valence-corrected chi connectivity index (χ4v) is 4.25. The van der Waals surface area contributed by atoms with Crippen LogP contribution in [0.5, 0.6) is 17.2 Å². The van der Waals surface area contributed by atoms with Crippen molar-refractivity contribution >= 4 is 11.8 Å². The Kier molecular flexibility index (Phi) is 6.46. The highest BCUT2D eigenvalue weighted by atomic mass is 19.1. The number of hydrogen-bond donors (Lipinski definition) is 3. The van der Waals surface area contributed by atoms with E-state index in [4.69, 9.17) is 20.6 Å². The van der Waals surface area contributed by atoms with Gasteiger partial charge >= 0.3 is 0 Å². The van der Waals surface area contributed by atoms with Gasteiger partial charge in [0.2, 0.25) is 0 Å². The van der Waals surface area contributed by atoms with Crippen LogP contribution in [-0.2, 0) is 0 Å². The van der Waals surface area contributed by atoms with Crippen LogP contribution in [0.2, 0.25) is 0 Å². The summed E-state index contributed by atoms with van der Waals surface area (Å²) in [5.41, 5.74) is 9.73. The van der Waals surface area contributed by atoms with Gasteiger partial charge in [-0.2, -0.15) is 0 Å². The van der Waals surface area contributed by atoms with E-state index in [1.54, 1.807) is 18.2 Å². The number of nitrogens with one attached hydrogen (secondary N) is 1. The number of halogens is 1. The zero-order valence-corrected chi connectivity index (χ0v) is 18.1. The number of benzene rings is 2. The highest BCUT2D eigenvalue weighted by Gasteiger charge is 2.30. The second-order valence-electron chi connectivity index (χ2n) is 8.18. The summed E-state index contributed by atoms with van der Waals surface area (Å²) in [5, 5.41) is 17.7. The van der Waals surface area contributed by atoms with Gasteiger partial charge in [-0.25, -0.2) is 0 Å². The van der Waals surface area contributed by atoms with E-state index in [1.807, 2.05) is 31.2 Å². The average molecular weight is 438 g/mol. The maximum absolute atomic E-state index is 12.5. The zero-order valence-electron chi connectivity index (χ0n) is 18.1. The van der Waals surface area contributed by atoms with Crippen molar-refractivity contribution in [3.05, 3.63) is 70.9 Å². The molecule has 0 aliphatic carbocycles. The van der Waals surface area contributed by atoms with Crippen molar-refractivity contribution in [2.75, 3.05) is 32.9 Å². The van der Waals surface area contributed by atoms with E-state index in [9.17, 15) is 9.50 Å². The molecule has 0 amide bonds. The van der Waals surface area contributed by atoms with Crippen molar-refractivity contribution in [3.63, 3.8) is 0 Å². The second-order valence-corrected chi connectivity index (χ2v) is 8.18. The van der Waals surface area contributed by atoms with Crippen molar-refractivity contribution in [2.45, 2.75) is 13.0 Å². The predicted molar refractivity (Wildman–Crippen MR) is 123 cm³/mol. The van der Waals surface area contributed by atoms with Gasteiger partial charge in [0.05, 0.1) is 6.67 Å². The molecule has 1 saturated heterocycles. The van der Waals surface area contributed by atoms with E-state index >= 15 is 0 Å². The van der Waals surface area contributed by atoms with Gasteiger partial charge < -0.3 is 25.7 Å². The molecule has 2 aromatic rings. The lowest BCUT2D eigenvalue weighted by molar-refractivity contribution is 0.0668. The molecule has 0 aromatic heterocycles. The molecular weight excluding hydrogens is 409 g/mol. The molecule has 6 nitrogen and oxygen atoms in total. The minimum absolute atomic E-state index is 0.151. The highest BCUT2D eigenvalue weighted by molar-refractivity contribution is 5.90. The number of allylic oxidation sites excluding steroid dienone is 1. The van der Waals surface area contributed by atoms with Gasteiger partial charge in [0, 0.05) is 54.7 Å². The van der Waals surface area contributed by atoms with Crippen molar-refractivity contribution in [2.24, 2.45) is 11.7 Å². The summed E-state index contributed by atoms with van der Waals surface area (Å²) in [5.74, 6) is 1.74. The van der Waals surface area contributed by atoms with Crippen molar-refractivity contribution in [1.29, 1.82) is 5.41 Å². The van der Waals surface area contributed by atoms with Crippen LogP contribution in [0.25, 0.3) is 5.57 Å². The van der Waals surface area contributed by atoms with E-state index in [0.717, 1.165) is 47.7 Å². The standard InChI is InChI=1S/C25H28FN3O3/c1-16-22-10-20(30)4-7-23(22)32-25(24(16)19(12-27)13-28)18-2-5-21(6-3-18)31-9-8-29-14-17(11-26)15-29/h2-7,10,12-13,17,25,27,30H,8-9,11,14-15,28H2,1H3/b19-13+,27-12?. The third-order valence-corrected chi connectivity index (χ3v) is 6.03. The molecule has 168 valence electrons. The fraction of sp³-hybridized carbons (Fsp3) is 0.320. The highest BCUT2D eigenvalue weighted by Crippen LogP contribution is 2.45. The molecule has 7 heteroatoms. The molecule has 0 radical (unpaired) electrons. The molecule has 0 bridgehead atoms. The van der Waals surface area contributed by atoms with Crippen LogP contribution >= 0.6 is 0 Å². The number of nitrogens with zero attached hydrogens (tertiary/aromatic N) is 1. The lowest BCUT2D eigenvalue weighted by Crippen LogP contribution is -2.49. The largest absolute Gasteiger partial charge is 0.508 e. The van der Waals surface area contributed by atoms with Crippen LogP contribution in [0.1, 0.15) is 24.2 Å². The van der Waals surface area contributed by atoms with E-state index in [-0.39, 0.29) is 18.3 Å². The quantitative estimate of drug-likeness (QED) is 0.542. The SMILES string of the molecule is CC1=C(/C(C=N)=C/N)C(c2ccc(OCCN3CC(CF)C3)cc2)Oc2ccc(O)cc21. The average Bonchev–Trinajstić information content (AvgIpc) is 2.78. The Morgan fingerprint density at radius 1 is 1.28 bits per heavy atom. The molecule has 2 aliphatic heterocycles. The number of hydrogen-bond acceptors (Lipinski definition) is 6. The number of phenols is 1. The zero-order chi connectivity index (χ0) is 22.7. The number of likely N-dealkylation sites (tertiary alicyclic amines) is 1. The van der Waals surface area contributed by atoms with E-state index in [1.165, 1.54) is 12.4 Å². The maximum atomic E-state index is 12.5. The van der Waals surface area contributed by atoms with Crippen LogP contribution < -0.4 is 15.2 Å². The Morgan fingerprint density at radius 3 is 2.69 bits per heavy atom. The number of phenolic OH excluding ortho intramolecular Hbond substituents is 1. The van der Waals surface area contributed by atoms with Gasteiger partial charge in [0.25, 0.3) is 0 Å². The van der Waals surface area contributed by atoms with Crippen LogP contribution in [0.3, 0.4) is 0 Å². The van der Waals surface area contributed by atoms with Crippen molar-refractivity contribution in [3.8, 4) is 17.2 Å². The van der Waals surface area contributed by atoms with Crippen molar-refractivity contribution in [1.82, 2.24) is 4.90 Å². The summed E-state index contributed by atoms with van der Waals surface area (Å²) in [7, 11) is 0. The molecule has 4 N–H and O–H groups in total. The molecule has 0 spiro atoms. The summed E-state index contributed by atoms with van der Waals surface area (Å²) in [6.07, 6.45) is 2.16. The molecule has 4 rings (SSSR count). The Hall–Kier alpha value is -3.32. The Bertz CT molecular complexity index is 1040. The van der Waals surface area contributed by atoms with Gasteiger partial charge in [-0.05, 0) is 48.4 Å². The Labute approximate surface area is 187 Å². The molecule has 1 unspecified atom stereocenters. The van der Waals surface area contributed by atoms with Crippen LogP contribution in [0, 0.1) is 11.3 Å². The van der Waals surface area contributed by atoms with Crippen LogP contribution in [-0.4, -0.2) is 49.1 Å². The summed E-state index contributed by atoms with van der Waals surface area (Å²) >= 11 is 0. The first-order chi connectivity index (χ1) is 15.5. The van der Waals surface area contributed by atoms with Crippen LogP contribution in [0.15, 0.2) is 59.8 Å². The summed E-state index contributed by atoms with van der Waals surface area (Å²) in [6, 6.07) is 12.7. The summed E-state index contributed by atoms with van der Waals surface area (Å²) in [4.78, 5) is 2.18. The molecule has 2 aliphatic rings. The molecule has 2 aromatic carbocycles. The number of nitrogens with two attached hydrogens (primary N) is 1. The lowest BCUT2D eigenvalue weighted by Gasteiger charge is -2.37. The summed E-state index contributed by atoms with van der Waals surface area (Å²) in [6.45, 7) is 4.63. The number of aromatic hydroxyl groups is 1. The maximum Gasteiger partial charge on any atom is 0.150 e. The first-order valence-corrected chi connectivity index (χ1v) is 10.7. The molecule has 1 atom stereocenters. The third kappa shape index (κ3) is 4.34. The second kappa shape index (κ2) is 9.44. The minimum Gasteiger partial charge on any atom is -0.508 e. The molecule has 2 heterocycles. The van der Waals surface area contributed by atoms with Crippen molar-refractivity contribution < 1.29 is 19.0 Å². The van der Waals surface area contributed by atoms with Gasteiger partial charge in [-0.15, -0.1) is 0 Å². The number of rotatable bonds is 8. The van der Waals surface area contributed by atoms with E-state index in [0.29, 0.717) is 17.9 Å². The fourth-order valence-electron chi connectivity index (χ4n) is 4.25. The Morgan fingerprint density at radius 2 is 2.03 bits per heavy atom. The van der Waals surface area contributed by atoms with E-state index < -0.39 is 6.10 Å². The van der Waals surface area contributed by atoms with Gasteiger partial charge in [0.1, 0.15) is 30.0 Å². The van der Waals surface area contributed by atoms with E-state index in [2.05, 4.69) is 4.90 Å². The number of fused-ring (bicyclic) bond motifs is 1.